The number of rotatable bonds is 1. The molecule has 1 saturated carbocycles. The molecule has 0 aromatic heterocycles. The third-order valence-corrected chi connectivity index (χ3v) is 2.06. The van der Waals surface area contributed by atoms with Crippen molar-refractivity contribution in [3.63, 3.8) is 0 Å². The number of carboxylic acid groups (broad SMARTS) is 1. The molecule has 1 aliphatic rings. The van der Waals surface area contributed by atoms with Gasteiger partial charge < -0.3 is 5.11 Å². The first-order valence-corrected chi connectivity index (χ1v) is 3.68. The van der Waals surface area contributed by atoms with Crippen LogP contribution in [0.3, 0.4) is 0 Å². The molecule has 0 heterocycles. The zero-order valence-electron chi connectivity index (χ0n) is 5.92. The summed E-state index contributed by atoms with van der Waals surface area (Å²) in [6.45, 7) is 0. The fraction of sp³-hybridized carbons (Fsp3) is 0.857. The first-order valence-electron chi connectivity index (χ1n) is 3.68. The van der Waals surface area contributed by atoms with Gasteiger partial charge in [-0.15, -0.1) is 0 Å². The van der Waals surface area contributed by atoms with Crippen molar-refractivity contribution in [2.45, 2.75) is 31.5 Å². The average Bonchev–Trinajstić information content (AvgIpc) is 1.88. The zero-order valence-corrected chi connectivity index (χ0v) is 5.92. The standard InChI is InChI=1S/C7H11BO2/c8-6-3-1-2-5(4-6)7(9)10/h5-6H,1-4H2,(H,9,10)/t5?,6-/m1/s1. The van der Waals surface area contributed by atoms with Gasteiger partial charge in [0.2, 0.25) is 0 Å². The van der Waals surface area contributed by atoms with E-state index in [9.17, 15) is 4.79 Å². The highest BCUT2D eigenvalue weighted by molar-refractivity contribution is 6.11. The van der Waals surface area contributed by atoms with Crippen LogP contribution in [0.25, 0.3) is 0 Å². The summed E-state index contributed by atoms with van der Waals surface area (Å²) in [4.78, 5) is 10.4. The van der Waals surface area contributed by atoms with Crippen molar-refractivity contribution in [3.05, 3.63) is 0 Å². The maximum absolute atomic E-state index is 10.4. The van der Waals surface area contributed by atoms with Gasteiger partial charge in [-0.1, -0.05) is 18.7 Å². The van der Waals surface area contributed by atoms with Crippen LogP contribution in [0.15, 0.2) is 0 Å². The smallest absolute Gasteiger partial charge is 0.306 e. The van der Waals surface area contributed by atoms with Crippen LogP contribution in [0, 0.1) is 5.92 Å². The summed E-state index contributed by atoms with van der Waals surface area (Å²) in [5.74, 6) is -0.742. The van der Waals surface area contributed by atoms with Crippen molar-refractivity contribution in [3.8, 4) is 0 Å². The number of carboxylic acids is 1. The maximum Gasteiger partial charge on any atom is 0.306 e. The van der Waals surface area contributed by atoms with E-state index in [1.165, 1.54) is 0 Å². The highest BCUT2D eigenvalue weighted by Gasteiger charge is 2.23. The highest BCUT2D eigenvalue weighted by Crippen LogP contribution is 2.30. The van der Waals surface area contributed by atoms with E-state index in [2.05, 4.69) is 0 Å². The van der Waals surface area contributed by atoms with Crippen LogP contribution >= 0.6 is 0 Å². The predicted molar refractivity (Wildman–Crippen MR) is 39.1 cm³/mol. The Morgan fingerprint density at radius 3 is 2.60 bits per heavy atom. The van der Waals surface area contributed by atoms with Crippen LogP contribution in [0.5, 0.6) is 0 Å². The van der Waals surface area contributed by atoms with Gasteiger partial charge in [-0.3, -0.25) is 4.79 Å². The first-order chi connectivity index (χ1) is 4.70. The van der Waals surface area contributed by atoms with Crippen LogP contribution < -0.4 is 0 Å². The van der Waals surface area contributed by atoms with E-state index in [4.69, 9.17) is 13.0 Å². The van der Waals surface area contributed by atoms with Crippen LogP contribution in [0.4, 0.5) is 0 Å². The van der Waals surface area contributed by atoms with Crippen LogP contribution in [0.2, 0.25) is 5.82 Å². The molecule has 2 atom stereocenters. The Kier molecular flexibility index (Phi) is 2.36. The Morgan fingerprint density at radius 2 is 2.20 bits per heavy atom. The average molecular weight is 138 g/mol. The molecule has 0 spiro atoms. The Morgan fingerprint density at radius 1 is 1.50 bits per heavy atom. The SMILES string of the molecule is [B][C@@H]1CCCC(C(=O)O)C1. The third-order valence-electron chi connectivity index (χ3n) is 2.06. The summed E-state index contributed by atoms with van der Waals surface area (Å²) in [6, 6.07) is 0. The van der Waals surface area contributed by atoms with Gasteiger partial charge in [0, 0.05) is 0 Å². The molecule has 2 radical (unpaired) electrons. The molecular formula is C7H11BO2. The quantitative estimate of drug-likeness (QED) is 0.553. The molecule has 1 N–H and O–H groups in total. The third kappa shape index (κ3) is 1.76. The molecule has 1 fully saturated rings. The van der Waals surface area contributed by atoms with E-state index >= 15 is 0 Å². The Balaban J connectivity index is 2.39. The van der Waals surface area contributed by atoms with E-state index in [0.29, 0.717) is 6.42 Å². The normalized spacial score (nSPS) is 33.6. The molecule has 2 nitrogen and oxygen atoms in total. The van der Waals surface area contributed by atoms with E-state index < -0.39 is 5.97 Å². The Bertz CT molecular complexity index is 136. The molecule has 1 unspecified atom stereocenters. The summed E-state index contributed by atoms with van der Waals surface area (Å²) in [6.07, 6.45) is 3.43. The van der Waals surface area contributed by atoms with E-state index in [0.717, 1.165) is 19.3 Å². The molecule has 0 bridgehead atoms. The fourth-order valence-electron chi connectivity index (χ4n) is 1.45. The highest BCUT2D eigenvalue weighted by atomic mass is 16.4. The molecule has 0 aromatic rings. The lowest BCUT2D eigenvalue weighted by molar-refractivity contribution is -0.142. The summed E-state index contributed by atoms with van der Waals surface area (Å²) >= 11 is 0. The van der Waals surface area contributed by atoms with Gasteiger partial charge in [0.15, 0.2) is 0 Å². The second kappa shape index (κ2) is 3.08. The topological polar surface area (TPSA) is 37.3 Å². The number of hydrogen-bond donors (Lipinski definition) is 1. The summed E-state index contributed by atoms with van der Waals surface area (Å²) < 4.78 is 0. The fourth-order valence-corrected chi connectivity index (χ4v) is 1.45. The van der Waals surface area contributed by atoms with Gasteiger partial charge in [0.1, 0.15) is 0 Å². The number of carbonyl (C=O) groups is 1. The van der Waals surface area contributed by atoms with Crippen molar-refractivity contribution < 1.29 is 9.90 Å². The first kappa shape index (κ1) is 7.64. The van der Waals surface area contributed by atoms with Crippen molar-refractivity contribution in [2.24, 2.45) is 5.92 Å². The van der Waals surface area contributed by atoms with Gasteiger partial charge in [-0.05, 0) is 12.8 Å². The Hall–Kier alpha value is -0.465. The summed E-state index contributed by atoms with van der Waals surface area (Å²) in [5, 5.41) is 8.60. The monoisotopic (exact) mass is 138 g/mol. The van der Waals surface area contributed by atoms with Crippen LogP contribution in [0.1, 0.15) is 25.7 Å². The molecule has 1 rings (SSSR count). The molecule has 0 saturated heterocycles. The second-order valence-corrected chi connectivity index (χ2v) is 2.96. The summed E-state index contributed by atoms with van der Waals surface area (Å²) in [7, 11) is 5.60. The van der Waals surface area contributed by atoms with Crippen LogP contribution in [-0.2, 0) is 4.79 Å². The molecule has 0 aliphatic heterocycles. The number of hydrogen-bond acceptors (Lipinski definition) is 1. The predicted octanol–water partition coefficient (Wildman–Crippen LogP) is 1.22. The molecule has 10 heavy (non-hydrogen) atoms. The van der Waals surface area contributed by atoms with E-state index in [1.807, 2.05) is 0 Å². The molecule has 54 valence electrons. The lowest BCUT2D eigenvalue weighted by atomic mass is 9.71. The Labute approximate surface area is 62.0 Å². The minimum absolute atomic E-state index is 0.120. The van der Waals surface area contributed by atoms with Gasteiger partial charge >= 0.3 is 5.97 Å². The molecular weight excluding hydrogens is 127 g/mol. The maximum atomic E-state index is 10.4. The van der Waals surface area contributed by atoms with Crippen molar-refractivity contribution in [1.29, 1.82) is 0 Å². The van der Waals surface area contributed by atoms with Gasteiger partial charge in [-0.25, -0.2) is 0 Å². The van der Waals surface area contributed by atoms with Gasteiger partial charge in [0.25, 0.3) is 0 Å². The lowest BCUT2D eigenvalue weighted by Gasteiger charge is -2.23. The van der Waals surface area contributed by atoms with E-state index in [1.54, 1.807) is 0 Å². The van der Waals surface area contributed by atoms with Crippen molar-refractivity contribution in [1.82, 2.24) is 0 Å². The number of aliphatic carboxylic acids is 1. The summed E-state index contributed by atoms with van der Waals surface area (Å²) in [5.41, 5.74) is 0. The second-order valence-electron chi connectivity index (χ2n) is 2.96. The zero-order chi connectivity index (χ0) is 7.56. The van der Waals surface area contributed by atoms with Crippen molar-refractivity contribution in [2.75, 3.05) is 0 Å². The van der Waals surface area contributed by atoms with Gasteiger partial charge in [-0.2, -0.15) is 0 Å². The molecule has 3 heteroatoms. The largest absolute Gasteiger partial charge is 0.481 e. The van der Waals surface area contributed by atoms with Crippen molar-refractivity contribution >= 4 is 13.8 Å². The van der Waals surface area contributed by atoms with Crippen LogP contribution in [-0.4, -0.2) is 18.9 Å². The molecule has 0 aromatic carbocycles. The van der Waals surface area contributed by atoms with E-state index in [-0.39, 0.29) is 11.7 Å². The van der Waals surface area contributed by atoms with Gasteiger partial charge in [0.05, 0.1) is 13.8 Å². The molecule has 0 amide bonds. The minimum Gasteiger partial charge on any atom is -0.481 e. The lowest BCUT2D eigenvalue weighted by Crippen LogP contribution is -2.19. The minimum atomic E-state index is -0.685. The molecule has 1 aliphatic carbocycles.